The van der Waals surface area contributed by atoms with Crippen LogP contribution in [0.15, 0.2) is 65.7 Å². The van der Waals surface area contributed by atoms with Crippen LogP contribution in [0.1, 0.15) is 30.9 Å². The predicted octanol–water partition coefficient (Wildman–Crippen LogP) is 2.85. The highest BCUT2D eigenvalue weighted by Gasteiger charge is 2.43. The van der Waals surface area contributed by atoms with Crippen molar-refractivity contribution in [1.82, 2.24) is 10.6 Å². The average Bonchev–Trinajstić information content (AvgIpc) is 3.53. The Hall–Kier alpha value is -2.37. The molecule has 1 fully saturated rings. The van der Waals surface area contributed by atoms with E-state index in [2.05, 4.69) is 41.0 Å². The van der Waals surface area contributed by atoms with E-state index in [0.29, 0.717) is 13.2 Å². The van der Waals surface area contributed by atoms with Crippen LogP contribution in [0.2, 0.25) is 0 Å². The van der Waals surface area contributed by atoms with Gasteiger partial charge in [0.05, 0.1) is 25.9 Å². The van der Waals surface area contributed by atoms with E-state index in [1.165, 1.54) is 18.4 Å². The van der Waals surface area contributed by atoms with Gasteiger partial charge >= 0.3 is 0 Å². The van der Waals surface area contributed by atoms with Gasteiger partial charge in [0.15, 0.2) is 5.96 Å². The fourth-order valence-electron chi connectivity index (χ4n) is 3.21. The molecule has 0 saturated heterocycles. The summed E-state index contributed by atoms with van der Waals surface area (Å²) >= 11 is 0. The van der Waals surface area contributed by atoms with Crippen molar-refractivity contribution in [3.8, 4) is 0 Å². The molecule has 0 radical (unpaired) electrons. The second-order valence-electron chi connectivity index (χ2n) is 7.38. The summed E-state index contributed by atoms with van der Waals surface area (Å²) in [4.78, 5) is 4.77. The summed E-state index contributed by atoms with van der Waals surface area (Å²) in [6, 6.07) is 20.6. The molecule has 5 heteroatoms. The second-order valence-corrected chi connectivity index (χ2v) is 7.38. The van der Waals surface area contributed by atoms with Gasteiger partial charge in [-0.2, -0.15) is 0 Å². The van der Waals surface area contributed by atoms with Gasteiger partial charge in [-0.05, 0) is 30.9 Å². The Labute approximate surface area is 167 Å². The summed E-state index contributed by atoms with van der Waals surface area (Å²) in [6.07, 6.45) is 1.77. The first kappa shape index (κ1) is 20.4. The maximum atomic E-state index is 10.2. The third kappa shape index (κ3) is 6.08. The number of ether oxygens (including phenoxy) is 1. The molecule has 0 aliphatic heterocycles. The van der Waals surface area contributed by atoms with Crippen molar-refractivity contribution in [1.29, 1.82) is 0 Å². The first-order chi connectivity index (χ1) is 13.7. The van der Waals surface area contributed by atoms with Gasteiger partial charge in [-0.15, -0.1) is 0 Å². The van der Waals surface area contributed by atoms with Gasteiger partial charge in [0.2, 0.25) is 0 Å². The average molecular weight is 382 g/mol. The molecule has 2 aromatic carbocycles. The minimum Gasteiger partial charge on any atom is -0.389 e. The van der Waals surface area contributed by atoms with Crippen LogP contribution < -0.4 is 10.6 Å². The predicted molar refractivity (Wildman–Crippen MR) is 113 cm³/mol. The highest BCUT2D eigenvalue weighted by Crippen LogP contribution is 2.48. The Morgan fingerprint density at radius 1 is 1.07 bits per heavy atom. The summed E-state index contributed by atoms with van der Waals surface area (Å²) in [5.74, 6) is 0.742. The Morgan fingerprint density at radius 3 is 2.39 bits per heavy atom. The maximum Gasteiger partial charge on any atom is 0.191 e. The van der Waals surface area contributed by atoms with E-state index in [-0.39, 0.29) is 12.0 Å². The van der Waals surface area contributed by atoms with E-state index in [1.54, 1.807) is 0 Å². The lowest BCUT2D eigenvalue weighted by molar-refractivity contribution is 0.0308. The van der Waals surface area contributed by atoms with E-state index in [0.717, 1.165) is 24.6 Å². The fraction of sp³-hybridized carbons (Fsp3) is 0.435. The summed E-state index contributed by atoms with van der Waals surface area (Å²) in [5, 5.41) is 16.7. The van der Waals surface area contributed by atoms with Crippen LogP contribution in [0.5, 0.6) is 0 Å². The lowest BCUT2D eigenvalue weighted by Crippen LogP contribution is -2.42. The number of rotatable bonds is 10. The molecule has 2 aromatic rings. The number of aliphatic hydroxyl groups is 1. The zero-order chi connectivity index (χ0) is 19.7. The molecule has 1 unspecified atom stereocenters. The van der Waals surface area contributed by atoms with Gasteiger partial charge in [-0.25, -0.2) is 0 Å². The summed E-state index contributed by atoms with van der Waals surface area (Å²) in [5.41, 5.74) is 2.65. The molecule has 0 heterocycles. The van der Waals surface area contributed by atoms with Crippen LogP contribution in [0.4, 0.5) is 0 Å². The summed E-state index contributed by atoms with van der Waals surface area (Å²) < 4.78 is 5.61. The van der Waals surface area contributed by atoms with Crippen LogP contribution in [-0.2, 0) is 16.8 Å². The normalized spacial score (nSPS) is 16.4. The van der Waals surface area contributed by atoms with Crippen LogP contribution in [0.25, 0.3) is 0 Å². The molecule has 1 aliphatic carbocycles. The number of guanidine groups is 1. The van der Waals surface area contributed by atoms with Gasteiger partial charge in [-0.1, -0.05) is 60.7 Å². The summed E-state index contributed by atoms with van der Waals surface area (Å²) in [6.45, 7) is 4.78. The number of aliphatic imine (C=N–C) groups is 1. The molecule has 150 valence electrons. The Bertz CT molecular complexity index is 730. The molecular weight excluding hydrogens is 350 g/mol. The Balaban J connectivity index is 1.44. The van der Waals surface area contributed by atoms with Crippen molar-refractivity contribution >= 4 is 5.96 Å². The van der Waals surface area contributed by atoms with Gasteiger partial charge in [-0.3, -0.25) is 4.99 Å². The van der Waals surface area contributed by atoms with Crippen LogP contribution >= 0.6 is 0 Å². The molecule has 0 spiro atoms. The highest BCUT2D eigenvalue weighted by atomic mass is 16.5. The van der Waals surface area contributed by atoms with Gasteiger partial charge in [0.1, 0.15) is 0 Å². The molecule has 3 N–H and O–H groups in total. The number of benzene rings is 2. The number of aliphatic hydroxyl groups excluding tert-OH is 1. The molecule has 0 amide bonds. The lowest BCUT2D eigenvalue weighted by atomic mass is 9.96. The zero-order valence-corrected chi connectivity index (χ0v) is 16.6. The van der Waals surface area contributed by atoms with E-state index >= 15 is 0 Å². The number of hydrogen-bond donors (Lipinski definition) is 3. The van der Waals surface area contributed by atoms with Crippen molar-refractivity contribution in [2.75, 3.05) is 26.2 Å². The zero-order valence-electron chi connectivity index (χ0n) is 16.6. The van der Waals surface area contributed by atoms with Crippen molar-refractivity contribution in [3.63, 3.8) is 0 Å². The number of nitrogens with zero attached hydrogens (tertiary/aromatic N) is 1. The van der Waals surface area contributed by atoms with Crippen molar-refractivity contribution in [3.05, 3.63) is 71.8 Å². The van der Waals surface area contributed by atoms with Crippen molar-refractivity contribution < 1.29 is 9.84 Å². The molecule has 3 rings (SSSR count). The smallest absolute Gasteiger partial charge is 0.191 e. The molecule has 5 nitrogen and oxygen atoms in total. The minimum atomic E-state index is -0.587. The topological polar surface area (TPSA) is 65.9 Å². The molecule has 28 heavy (non-hydrogen) atoms. The maximum absolute atomic E-state index is 10.2. The molecule has 0 aromatic heterocycles. The van der Waals surface area contributed by atoms with Gasteiger partial charge < -0.3 is 20.5 Å². The standard InChI is InChI=1S/C23H31N3O2/c1-2-24-22(26-18-23(13-14-23)20-11-7-4-8-12-20)25-15-21(27)17-28-16-19-9-5-3-6-10-19/h3-12,21,27H,2,13-18H2,1H3,(H2,24,25,26). The Kier molecular flexibility index (Phi) is 7.46. The first-order valence-corrected chi connectivity index (χ1v) is 10.1. The van der Waals surface area contributed by atoms with Crippen LogP contribution in [-0.4, -0.2) is 43.4 Å². The highest BCUT2D eigenvalue weighted by molar-refractivity contribution is 5.79. The monoisotopic (exact) mass is 381 g/mol. The van der Waals surface area contributed by atoms with E-state index < -0.39 is 6.10 Å². The number of nitrogens with one attached hydrogen (secondary N) is 2. The van der Waals surface area contributed by atoms with Crippen molar-refractivity contribution in [2.24, 2.45) is 4.99 Å². The third-order valence-corrected chi connectivity index (χ3v) is 5.05. The van der Waals surface area contributed by atoms with Crippen LogP contribution in [0.3, 0.4) is 0 Å². The van der Waals surface area contributed by atoms with Gasteiger partial charge in [0, 0.05) is 18.5 Å². The van der Waals surface area contributed by atoms with E-state index in [4.69, 9.17) is 9.73 Å². The van der Waals surface area contributed by atoms with Crippen LogP contribution in [0, 0.1) is 0 Å². The van der Waals surface area contributed by atoms with E-state index in [9.17, 15) is 5.11 Å². The fourth-order valence-corrected chi connectivity index (χ4v) is 3.21. The SMILES string of the molecule is CCNC(=NCC1(c2ccccc2)CC1)NCC(O)COCc1ccccc1. The lowest BCUT2D eigenvalue weighted by Gasteiger charge is -2.17. The quantitative estimate of drug-likeness (QED) is 0.437. The number of hydrogen-bond acceptors (Lipinski definition) is 3. The molecule has 0 bridgehead atoms. The second kappa shape index (κ2) is 10.2. The molecule has 1 atom stereocenters. The Morgan fingerprint density at radius 2 is 1.75 bits per heavy atom. The molecular formula is C23H31N3O2. The van der Waals surface area contributed by atoms with Crippen molar-refractivity contribution in [2.45, 2.75) is 37.9 Å². The molecule has 1 saturated carbocycles. The third-order valence-electron chi connectivity index (χ3n) is 5.05. The van der Waals surface area contributed by atoms with Gasteiger partial charge in [0.25, 0.3) is 0 Å². The largest absolute Gasteiger partial charge is 0.389 e. The summed E-state index contributed by atoms with van der Waals surface area (Å²) in [7, 11) is 0. The van der Waals surface area contributed by atoms with E-state index in [1.807, 2.05) is 37.3 Å². The first-order valence-electron chi connectivity index (χ1n) is 10.1. The minimum absolute atomic E-state index is 0.182. The molecule has 1 aliphatic rings.